The van der Waals surface area contributed by atoms with E-state index in [2.05, 4.69) is 24.0 Å². The van der Waals surface area contributed by atoms with Crippen molar-refractivity contribution in [1.29, 1.82) is 0 Å². The van der Waals surface area contributed by atoms with E-state index in [1.165, 1.54) is 7.11 Å². The summed E-state index contributed by atoms with van der Waals surface area (Å²) < 4.78 is 9.77. The minimum absolute atomic E-state index is 0.123. The molecule has 0 aliphatic carbocycles. The Morgan fingerprint density at radius 1 is 1.47 bits per heavy atom. The van der Waals surface area contributed by atoms with Crippen molar-refractivity contribution in [2.24, 2.45) is 11.8 Å². The molecule has 0 saturated carbocycles. The van der Waals surface area contributed by atoms with E-state index in [4.69, 9.17) is 9.26 Å². The number of amides is 1. The van der Waals surface area contributed by atoms with Crippen molar-refractivity contribution in [3.8, 4) is 0 Å². The number of hydrogen-bond acceptors (Lipinski definition) is 5. The first-order chi connectivity index (χ1) is 8.11. The fourth-order valence-corrected chi connectivity index (χ4v) is 1.96. The van der Waals surface area contributed by atoms with Crippen molar-refractivity contribution in [2.45, 2.75) is 20.5 Å². The van der Waals surface area contributed by atoms with Crippen LogP contribution < -0.4 is 0 Å². The molecule has 2 rings (SSSR count). The molecule has 1 aliphatic heterocycles. The maximum absolute atomic E-state index is 12.1. The van der Waals surface area contributed by atoms with Gasteiger partial charge in [-0.15, -0.1) is 0 Å². The molecule has 1 aromatic rings. The molecule has 0 aromatic carbocycles. The summed E-state index contributed by atoms with van der Waals surface area (Å²) in [6.45, 7) is 6.03. The molecule has 17 heavy (non-hydrogen) atoms. The smallest absolute Gasteiger partial charge is 0.295 e. The van der Waals surface area contributed by atoms with Gasteiger partial charge in [-0.05, 0) is 11.8 Å². The fraction of sp³-hybridized carbons (Fsp3) is 0.727. The Labute approximate surface area is 99.9 Å². The number of hydrogen-bond donors (Lipinski definition) is 0. The monoisotopic (exact) mass is 239 g/mol. The van der Waals surface area contributed by atoms with Crippen LogP contribution >= 0.6 is 0 Å². The largest absolute Gasteiger partial charge is 0.375 e. The van der Waals surface area contributed by atoms with Gasteiger partial charge in [0.2, 0.25) is 0 Å². The Kier molecular flexibility index (Phi) is 3.42. The number of carbonyl (C=O) groups is 1. The van der Waals surface area contributed by atoms with Crippen LogP contribution in [-0.4, -0.2) is 41.1 Å². The fourth-order valence-electron chi connectivity index (χ4n) is 1.96. The number of ether oxygens (including phenoxy) is 1. The zero-order chi connectivity index (χ0) is 12.4. The molecule has 94 valence electrons. The van der Waals surface area contributed by atoms with Crippen LogP contribution in [0.1, 0.15) is 30.4 Å². The third-order valence-corrected chi connectivity index (χ3v) is 3.20. The Morgan fingerprint density at radius 3 is 2.71 bits per heavy atom. The summed E-state index contributed by atoms with van der Waals surface area (Å²) in [6, 6.07) is 0. The molecule has 2 unspecified atom stereocenters. The second-order valence-corrected chi connectivity index (χ2v) is 4.61. The quantitative estimate of drug-likeness (QED) is 0.785. The van der Waals surface area contributed by atoms with Crippen LogP contribution in [0.5, 0.6) is 0 Å². The summed E-state index contributed by atoms with van der Waals surface area (Å²) in [4.78, 5) is 17.8. The molecule has 0 N–H and O–H groups in total. The van der Waals surface area contributed by atoms with Gasteiger partial charge in [0.15, 0.2) is 0 Å². The van der Waals surface area contributed by atoms with Crippen LogP contribution in [0, 0.1) is 11.8 Å². The minimum Gasteiger partial charge on any atom is -0.375 e. The highest BCUT2D eigenvalue weighted by Crippen LogP contribution is 2.23. The molecular formula is C11H17N3O3. The molecule has 1 saturated heterocycles. The molecule has 0 radical (unpaired) electrons. The van der Waals surface area contributed by atoms with Gasteiger partial charge in [0.25, 0.3) is 17.6 Å². The third kappa shape index (κ3) is 2.46. The van der Waals surface area contributed by atoms with Crippen LogP contribution in [0.25, 0.3) is 0 Å². The molecule has 2 atom stereocenters. The van der Waals surface area contributed by atoms with Gasteiger partial charge in [0.05, 0.1) is 0 Å². The zero-order valence-electron chi connectivity index (χ0n) is 10.3. The summed E-state index contributed by atoms with van der Waals surface area (Å²) in [5, 5.41) is 3.67. The van der Waals surface area contributed by atoms with Crippen LogP contribution in [0.15, 0.2) is 4.52 Å². The van der Waals surface area contributed by atoms with Gasteiger partial charge in [0.1, 0.15) is 6.61 Å². The Balaban J connectivity index is 2.04. The molecule has 2 heterocycles. The third-order valence-electron chi connectivity index (χ3n) is 3.20. The van der Waals surface area contributed by atoms with Crippen LogP contribution in [0.4, 0.5) is 0 Å². The van der Waals surface area contributed by atoms with Crippen molar-refractivity contribution in [3.63, 3.8) is 0 Å². The van der Waals surface area contributed by atoms with E-state index < -0.39 is 0 Å². The molecule has 6 heteroatoms. The second-order valence-electron chi connectivity index (χ2n) is 4.61. The van der Waals surface area contributed by atoms with Gasteiger partial charge in [-0.1, -0.05) is 19.0 Å². The zero-order valence-corrected chi connectivity index (χ0v) is 10.3. The Hall–Kier alpha value is -1.43. The summed E-state index contributed by atoms with van der Waals surface area (Å²) in [5.41, 5.74) is 0. The van der Waals surface area contributed by atoms with Crippen molar-refractivity contribution >= 4 is 5.91 Å². The Bertz CT molecular complexity index is 394. The molecule has 1 fully saturated rings. The number of carbonyl (C=O) groups excluding carboxylic acids is 1. The topological polar surface area (TPSA) is 68.5 Å². The average molecular weight is 239 g/mol. The number of rotatable bonds is 3. The van der Waals surface area contributed by atoms with Gasteiger partial charge in [-0.25, -0.2) is 0 Å². The van der Waals surface area contributed by atoms with Gasteiger partial charge < -0.3 is 14.2 Å². The average Bonchev–Trinajstić information content (AvgIpc) is 2.87. The van der Waals surface area contributed by atoms with Crippen molar-refractivity contribution in [2.75, 3.05) is 20.2 Å². The van der Waals surface area contributed by atoms with E-state index in [9.17, 15) is 4.79 Å². The normalized spacial score (nSPS) is 24.3. The predicted octanol–water partition coefficient (Wildman–Crippen LogP) is 0.944. The number of aromatic nitrogens is 2. The van der Waals surface area contributed by atoms with Crippen LogP contribution in [-0.2, 0) is 11.3 Å². The van der Waals surface area contributed by atoms with Gasteiger partial charge >= 0.3 is 0 Å². The molecule has 0 bridgehead atoms. The first-order valence-electron chi connectivity index (χ1n) is 5.72. The van der Waals surface area contributed by atoms with E-state index in [-0.39, 0.29) is 18.3 Å². The van der Waals surface area contributed by atoms with Crippen LogP contribution in [0.2, 0.25) is 0 Å². The highest BCUT2D eigenvalue weighted by atomic mass is 16.5. The molecular weight excluding hydrogens is 222 g/mol. The summed E-state index contributed by atoms with van der Waals surface area (Å²) in [6.07, 6.45) is 0. The highest BCUT2D eigenvalue weighted by Gasteiger charge is 2.31. The summed E-state index contributed by atoms with van der Waals surface area (Å²) in [7, 11) is 1.54. The van der Waals surface area contributed by atoms with E-state index in [1.54, 1.807) is 4.90 Å². The molecule has 1 aromatic heterocycles. The van der Waals surface area contributed by atoms with E-state index in [0.717, 1.165) is 13.1 Å². The number of likely N-dealkylation sites (tertiary alicyclic amines) is 1. The van der Waals surface area contributed by atoms with Gasteiger partial charge in [0, 0.05) is 20.2 Å². The molecule has 6 nitrogen and oxygen atoms in total. The van der Waals surface area contributed by atoms with Gasteiger partial charge in [-0.2, -0.15) is 4.98 Å². The second kappa shape index (κ2) is 4.83. The lowest BCUT2D eigenvalue weighted by atomic mass is 10.0. The number of methoxy groups -OCH3 is 1. The van der Waals surface area contributed by atoms with Crippen molar-refractivity contribution < 1.29 is 14.1 Å². The van der Waals surface area contributed by atoms with Crippen molar-refractivity contribution in [3.05, 3.63) is 11.7 Å². The summed E-state index contributed by atoms with van der Waals surface area (Å²) >= 11 is 0. The van der Waals surface area contributed by atoms with E-state index in [1.807, 2.05) is 0 Å². The maximum atomic E-state index is 12.1. The SMILES string of the molecule is COCc1nc(C(=O)N2CC(C)C(C)C2)no1. The lowest BCUT2D eigenvalue weighted by Crippen LogP contribution is -2.29. The lowest BCUT2D eigenvalue weighted by molar-refractivity contribution is 0.0769. The molecule has 1 amide bonds. The first-order valence-corrected chi connectivity index (χ1v) is 5.72. The number of nitrogens with zero attached hydrogens (tertiary/aromatic N) is 3. The highest BCUT2D eigenvalue weighted by molar-refractivity contribution is 5.90. The van der Waals surface area contributed by atoms with E-state index >= 15 is 0 Å². The minimum atomic E-state index is -0.160. The predicted molar refractivity (Wildman–Crippen MR) is 59.2 cm³/mol. The van der Waals surface area contributed by atoms with Crippen LogP contribution in [0.3, 0.4) is 0 Å². The van der Waals surface area contributed by atoms with Gasteiger partial charge in [-0.3, -0.25) is 4.79 Å². The van der Waals surface area contributed by atoms with E-state index in [0.29, 0.717) is 17.7 Å². The standard InChI is InChI=1S/C11H17N3O3/c1-7-4-14(5-8(7)2)11(15)10-12-9(6-16-3)17-13-10/h7-8H,4-6H2,1-3H3. The molecule has 0 spiro atoms. The Morgan fingerprint density at radius 2 is 2.12 bits per heavy atom. The molecule has 1 aliphatic rings. The van der Waals surface area contributed by atoms with Crippen molar-refractivity contribution in [1.82, 2.24) is 15.0 Å². The first kappa shape index (κ1) is 12.0. The maximum Gasteiger partial charge on any atom is 0.295 e. The summed E-state index contributed by atoms with van der Waals surface area (Å²) in [5.74, 6) is 1.33. The lowest BCUT2D eigenvalue weighted by Gasteiger charge is -2.12.